The summed E-state index contributed by atoms with van der Waals surface area (Å²) in [7, 11) is -2.14. The first-order valence-electron chi connectivity index (χ1n) is 7.12. The first kappa shape index (κ1) is 15.4. The molecule has 9 nitrogen and oxygen atoms in total. The van der Waals surface area contributed by atoms with E-state index in [1.807, 2.05) is 0 Å². The molecule has 2 N–H and O–H groups in total. The van der Waals surface area contributed by atoms with Gasteiger partial charge in [0.25, 0.3) is 0 Å². The SMILES string of the molecule is CN1c2ccccc2N(CCNC(=O)N2CCNC2=O)S1(=O)=O. The van der Waals surface area contributed by atoms with Crippen LogP contribution >= 0.6 is 0 Å². The Morgan fingerprint density at radius 2 is 2.00 bits per heavy atom. The summed E-state index contributed by atoms with van der Waals surface area (Å²) in [5, 5.41) is 5.09. The van der Waals surface area contributed by atoms with Crippen molar-refractivity contribution in [2.45, 2.75) is 0 Å². The molecule has 0 atom stereocenters. The minimum absolute atomic E-state index is 0.0882. The smallest absolute Gasteiger partial charge is 0.326 e. The third-order valence-corrected chi connectivity index (χ3v) is 5.63. The van der Waals surface area contributed by atoms with Crippen LogP contribution in [0, 0.1) is 0 Å². The van der Waals surface area contributed by atoms with Crippen LogP contribution in [0.1, 0.15) is 0 Å². The molecule has 10 heteroatoms. The lowest BCUT2D eigenvalue weighted by Crippen LogP contribution is -2.45. The van der Waals surface area contributed by atoms with Gasteiger partial charge < -0.3 is 10.6 Å². The zero-order valence-electron chi connectivity index (χ0n) is 12.5. The van der Waals surface area contributed by atoms with E-state index in [4.69, 9.17) is 0 Å². The number of nitrogens with one attached hydrogen (secondary N) is 2. The Balaban J connectivity index is 1.66. The monoisotopic (exact) mass is 339 g/mol. The second kappa shape index (κ2) is 5.61. The molecule has 2 heterocycles. The van der Waals surface area contributed by atoms with Gasteiger partial charge in [-0.1, -0.05) is 12.1 Å². The van der Waals surface area contributed by atoms with Gasteiger partial charge in [0.15, 0.2) is 0 Å². The van der Waals surface area contributed by atoms with Crippen LogP contribution in [-0.4, -0.2) is 58.6 Å². The maximum absolute atomic E-state index is 12.4. The van der Waals surface area contributed by atoms with E-state index < -0.39 is 22.3 Å². The van der Waals surface area contributed by atoms with Crippen LogP contribution in [-0.2, 0) is 10.2 Å². The Kier molecular flexibility index (Phi) is 3.76. The number of rotatable bonds is 3. The summed E-state index contributed by atoms with van der Waals surface area (Å²) in [6.45, 7) is 0.915. The molecule has 1 saturated heterocycles. The van der Waals surface area contributed by atoms with Crippen LogP contribution in [0.25, 0.3) is 0 Å². The number of para-hydroxylation sites is 2. The molecule has 3 rings (SSSR count). The highest BCUT2D eigenvalue weighted by molar-refractivity contribution is 7.94. The quantitative estimate of drug-likeness (QED) is 0.804. The van der Waals surface area contributed by atoms with E-state index in [0.29, 0.717) is 24.5 Å². The molecule has 2 aliphatic rings. The number of amides is 4. The third-order valence-electron chi connectivity index (χ3n) is 3.81. The van der Waals surface area contributed by atoms with Crippen LogP contribution in [0.5, 0.6) is 0 Å². The van der Waals surface area contributed by atoms with Crippen LogP contribution in [0.4, 0.5) is 21.0 Å². The van der Waals surface area contributed by atoms with E-state index in [0.717, 1.165) is 4.90 Å². The number of anilines is 2. The van der Waals surface area contributed by atoms with Gasteiger partial charge in [0.2, 0.25) is 0 Å². The predicted octanol–water partition coefficient (Wildman–Crippen LogP) is -0.0776. The molecule has 0 spiro atoms. The minimum atomic E-state index is -3.63. The second-order valence-corrected chi connectivity index (χ2v) is 7.04. The summed E-state index contributed by atoms with van der Waals surface area (Å²) in [5.41, 5.74) is 1.17. The molecule has 2 aliphatic heterocycles. The van der Waals surface area contributed by atoms with Gasteiger partial charge in [-0.25, -0.2) is 18.8 Å². The largest absolute Gasteiger partial charge is 0.336 e. The molecule has 1 aromatic carbocycles. The first-order chi connectivity index (χ1) is 10.9. The molecule has 4 amide bonds. The number of hydrogen-bond donors (Lipinski definition) is 2. The molecule has 0 bridgehead atoms. The Morgan fingerprint density at radius 3 is 2.65 bits per heavy atom. The number of nitrogens with zero attached hydrogens (tertiary/aromatic N) is 3. The summed E-state index contributed by atoms with van der Waals surface area (Å²) in [6, 6.07) is 5.99. The summed E-state index contributed by atoms with van der Waals surface area (Å²) < 4.78 is 27.2. The zero-order chi connectivity index (χ0) is 16.6. The number of urea groups is 2. The molecule has 0 radical (unpaired) electrons. The number of carbonyl (C=O) groups is 2. The maximum atomic E-state index is 12.4. The molecule has 1 fully saturated rings. The second-order valence-electron chi connectivity index (χ2n) is 5.15. The molecule has 0 aliphatic carbocycles. The summed E-state index contributed by atoms with van der Waals surface area (Å²) in [4.78, 5) is 24.3. The van der Waals surface area contributed by atoms with Crippen LogP contribution in [0.3, 0.4) is 0 Å². The molecule has 0 saturated carbocycles. The molecular weight excluding hydrogens is 322 g/mol. The number of carbonyl (C=O) groups excluding carboxylic acids is 2. The van der Waals surface area contributed by atoms with Crippen molar-refractivity contribution in [2.24, 2.45) is 0 Å². The van der Waals surface area contributed by atoms with Gasteiger partial charge in [0.05, 0.1) is 17.9 Å². The molecule has 0 aromatic heterocycles. The van der Waals surface area contributed by atoms with Gasteiger partial charge in [-0.05, 0) is 12.1 Å². The van der Waals surface area contributed by atoms with Crippen molar-refractivity contribution >= 4 is 33.6 Å². The molecular formula is C13H17N5O4S. The summed E-state index contributed by atoms with van der Waals surface area (Å²) in [5.74, 6) is 0. The lowest BCUT2D eigenvalue weighted by atomic mass is 10.2. The van der Waals surface area contributed by atoms with Crippen molar-refractivity contribution in [2.75, 3.05) is 41.8 Å². The highest BCUT2D eigenvalue weighted by Crippen LogP contribution is 2.38. The Hall–Kier alpha value is -2.49. The Labute approximate surface area is 134 Å². The van der Waals surface area contributed by atoms with E-state index in [2.05, 4.69) is 10.6 Å². The summed E-state index contributed by atoms with van der Waals surface area (Å²) in [6.07, 6.45) is 0. The highest BCUT2D eigenvalue weighted by atomic mass is 32.2. The van der Waals surface area contributed by atoms with Crippen LogP contribution in [0.2, 0.25) is 0 Å². The molecule has 0 unspecified atom stereocenters. The fourth-order valence-electron chi connectivity index (χ4n) is 2.60. The number of imide groups is 1. The highest BCUT2D eigenvalue weighted by Gasteiger charge is 2.37. The lowest BCUT2D eigenvalue weighted by molar-refractivity contribution is 0.199. The fourth-order valence-corrected chi connectivity index (χ4v) is 4.02. The van der Waals surface area contributed by atoms with Gasteiger partial charge in [0.1, 0.15) is 0 Å². The van der Waals surface area contributed by atoms with Crippen molar-refractivity contribution in [3.05, 3.63) is 24.3 Å². The molecule has 124 valence electrons. The third kappa shape index (κ3) is 2.54. The zero-order valence-corrected chi connectivity index (χ0v) is 13.3. The number of fused-ring (bicyclic) bond motifs is 1. The summed E-state index contributed by atoms with van der Waals surface area (Å²) >= 11 is 0. The van der Waals surface area contributed by atoms with Crippen LogP contribution < -0.4 is 19.2 Å². The van der Waals surface area contributed by atoms with E-state index in [1.165, 1.54) is 15.7 Å². The van der Waals surface area contributed by atoms with Gasteiger partial charge in [-0.3, -0.25) is 4.31 Å². The molecule has 1 aromatic rings. The lowest BCUT2D eigenvalue weighted by Gasteiger charge is -2.20. The van der Waals surface area contributed by atoms with Gasteiger partial charge in [-0.2, -0.15) is 8.42 Å². The Morgan fingerprint density at radius 1 is 1.30 bits per heavy atom. The normalized spacial score (nSPS) is 18.8. The fraction of sp³-hybridized carbons (Fsp3) is 0.385. The first-order valence-corrected chi connectivity index (χ1v) is 8.51. The van der Waals surface area contributed by atoms with Crippen molar-refractivity contribution < 1.29 is 18.0 Å². The van der Waals surface area contributed by atoms with E-state index in [1.54, 1.807) is 24.3 Å². The van der Waals surface area contributed by atoms with E-state index in [-0.39, 0.29) is 13.1 Å². The molecule has 23 heavy (non-hydrogen) atoms. The standard InChI is InChI=1S/C13H17N5O4S/c1-16-10-4-2-3-5-11(10)18(23(16,21)22)9-7-15-13(20)17-8-6-14-12(17)19/h2-5H,6-9H2,1H3,(H,14,19)(H,15,20). The average molecular weight is 339 g/mol. The van der Waals surface area contributed by atoms with Gasteiger partial charge >= 0.3 is 22.3 Å². The van der Waals surface area contributed by atoms with Crippen molar-refractivity contribution in [3.63, 3.8) is 0 Å². The van der Waals surface area contributed by atoms with Gasteiger partial charge in [0, 0.05) is 26.7 Å². The minimum Gasteiger partial charge on any atom is -0.336 e. The predicted molar refractivity (Wildman–Crippen MR) is 84.6 cm³/mol. The van der Waals surface area contributed by atoms with Crippen molar-refractivity contribution in [1.29, 1.82) is 0 Å². The number of hydrogen-bond acceptors (Lipinski definition) is 4. The maximum Gasteiger partial charge on any atom is 0.326 e. The average Bonchev–Trinajstić information content (AvgIpc) is 3.03. The Bertz CT molecular complexity index is 750. The van der Waals surface area contributed by atoms with E-state index >= 15 is 0 Å². The van der Waals surface area contributed by atoms with Crippen LogP contribution in [0.15, 0.2) is 24.3 Å². The van der Waals surface area contributed by atoms with Gasteiger partial charge in [-0.15, -0.1) is 0 Å². The van der Waals surface area contributed by atoms with Crippen molar-refractivity contribution in [1.82, 2.24) is 15.5 Å². The van der Waals surface area contributed by atoms with E-state index in [9.17, 15) is 18.0 Å². The topological polar surface area (TPSA) is 102 Å². The van der Waals surface area contributed by atoms with Crippen molar-refractivity contribution in [3.8, 4) is 0 Å². The number of benzene rings is 1.